The molecule has 0 bridgehead atoms. The molecule has 2 aromatic rings. The number of hydrogen-bond donors (Lipinski definition) is 1. The van der Waals surface area contributed by atoms with E-state index in [0.717, 1.165) is 23.8 Å². The van der Waals surface area contributed by atoms with Crippen LogP contribution < -0.4 is 15.7 Å². The average Bonchev–Trinajstić information content (AvgIpc) is 3.16. The average molecular weight is 450 g/mol. The second-order valence-corrected chi connectivity index (χ2v) is 9.32. The molecule has 0 spiro atoms. The van der Waals surface area contributed by atoms with Crippen LogP contribution in [0.25, 0.3) is 11.0 Å². The van der Waals surface area contributed by atoms with E-state index in [-0.39, 0.29) is 22.3 Å². The lowest BCUT2D eigenvalue weighted by molar-refractivity contribution is -0.138. The number of esters is 1. The van der Waals surface area contributed by atoms with Gasteiger partial charge in [-0.2, -0.15) is 0 Å². The second kappa shape index (κ2) is 8.91. The molecule has 1 heterocycles. The molecule has 31 heavy (non-hydrogen) atoms. The molecule has 0 fully saturated rings. The SMILES string of the molecule is CC[C@H](C)[C@@H](NC(=O)OC(C)(C)C)C(=O)Oc1cc2oc(=O)c3c(c2cc1Cl)CCC3. The van der Waals surface area contributed by atoms with Crippen molar-refractivity contribution in [3.63, 3.8) is 0 Å². The Morgan fingerprint density at radius 1 is 1.23 bits per heavy atom. The Labute approximate surface area is 186 Å². The third kappa shape index (κ3) is 5.21. The van der Waals surface area contributed by atoms with Gasteiger partial charge in [0.25, 0.3) is 0 Å². The van der Waals surface area contributed by atoms with Crippen LogP contribution in [0.2, 0.25) is 5.02 Å². The molecule has 1 aliphatic carbocycles. The quantitative estimate of drug-likeness (QED) is 0.401. The second-order valence-electron chi connectivity index (χ2n) is 8.91. The van der Waals surface area contributed by atoms with Crippen molar-refractivity contribution in [2.45, 2.75) is 71.9 Å². The predicted octanol–water partition coefficient (Wildman–Crippen LogP) is 4.78. The minimum Gasteiger partial charge on any atom is -0.444 e. The number of carbonyl (C=O) groups excluding carboxylic acids is 2. The van der Waals surface area contributed by atoms with E-state index in [1.807, 2.05) is 13.8 Å². The highest BCUT2D eigenvalue weighted by Crippen LogP contribution is 2.35. The minimum absolute atomic E-state index is 0.0690. The van der Waals surface area contributed by atoms with Crippen molar-refractivity contribution in [1.82, 2.24) is 5.32 Å². The Bertz CT molecular complexity index is 1070. The number of carbonyl (C=O) groups is 2. The van der Waals surface area contributed by atoms with E-state index in [1.54, 1.807) is 26.8 Å². The summed E-state index contributed by atoms with van der Waals surface area (Å²) in [6.45, 7) is 8.95. The lowest BCUT2D eigenvalue weighted by atomic mass is 9.99. The first-order chi connectivity index (χ1) is 14.5. The Hall–Kier alpha value is -2.54. The topological polar surface area (TPSA) is 94.8 Å². The van der Waals surface area contributed by atoms with Gasteiger partial charge in [-0.05, 0) is 57.6 Å². The molecule has 0 saturated carbocycles. The van der Waals surface area contributed by atoms with Crippen LogP contribution in [0.5, 0.6) is 5.75 Å². The van der Waals surface area contributed by atoms with E-state index in [4.69, 9.17) is 25.5 Å². The summed E-state index contributed by atoms with van der Waals surface area (Å²) in [5.74, 6) is -0.815. The molecule has 1 amide bonds. The molecule has 2 atom stereocenters. The van der Waals surface area contributed by atoms with Crippen LogP contribution in [0, 0.1) is 5.92 Å². The zero-order valence-electron chi connectivity index (χ0n) is 18.5. The largest absolute Gasteiger partial charge is 0.444 e. The third-order valence-corrected chi connectivity index (χ3v) is 5.67. The molecule has 3 rings (SSSR count). The molecule has 0 aliphatic heterocycles. The van der Waals surface area contributed by atoms with Gasteiger partial charge in [-0.1, -0.05) is 31.9 Å². The fourth-order valence-electron chi connectivity index (χ4n) is 3.64. The fourth-order valence-corrected chi connectivity index (χ4v) is 3.84. The standard InChI is InChI=1S/C23H28ClNO6/c1-6-12(2)19(25-22(28)31-23(3,4)5)21(27)30-18-11-17-15(10-16(18)24)13-8-7-9-14(13)20(26)29-17/h10-12,19H,6-9H2,1-5H3,(H,25,28)/t12-,19+/m0/s1. The lowest BCUT2D eigenvalue weighted by Crippen LogP contribution is -2.48. The molecule has 168 valence electrons. The van der Waals surface area contributed by atoms with E-state index in [2.05, 4.69) is 5.32 Å². The maximum atomic E-state index is 12.9. The van der Waals surface area contributed by atoms with Gasteiger partial charge in [-0.3, -0.25) is 0 Å². The highest BCUT2D eigenvalue weighted by atomic mass is 35.5. The molecule has 7 nitrogen and oxygen atoms in total. The van der Waals surface area contributed by atoms with E-state index in [1.165, 1.54) is 6.07 Å². The van der Waals surface area contributed by atoms with Crippen LogP contribution in [-0.4, -0.2) is 23.7 Å². The van der Waals surface area contributed by atoms with Gasteiger partial charge < -0.3 is 19.2 Å². The molecule has 1 aromatic carbocycles. The van der Waals surface area contributed by atoms with Crippen LogP contribution >= 0.6 is 11.6 Å². The van der Waals surface area contributed by atoms with E-state index in [9.17, 15) is 14.4 Å². The Balaban J connectivity index is 1.87. The van der Waals surface area contributed by atoms with Gasteiger partial charge in [0.05, 0.1) is 5.02 Å². The molecule has 1 aromatic heterocycles. The fraction of sp³-hybridized carbons (Fsp3) is 0.522. The van der Waals surface area contributed by atoms with E-state index in [0.29, 0.717) is 24.0 Å². The van der Waals surface area contributed by atoms with Gasteiger partial charge in [-0.25, -0.2) is 14.4 Å². The monoisotopic (exact) mass is 449 g/mol. The number of fused-ring (bicyclic) bond motifs is 3. The third-order valence-electron chi connectivity index (χ3n) is 5.38. The molecular weight excluding hydrogens is 422 g/mol. The Morgan fingerprint density at radius 3 is 2.55 bits per heavy atom. The van der Waals surface area contributed by atoms with Gasteiger partial charge in [0.2, 0.25) is 0 Å². The number of alkyl carbamates (subject to hydrolysis) is 1. The summed E-state index contributed by atoms with van der Waals surface area (Å²) in [4.78, 5) is 37.4. The summed E-state index contributed by atoms with van der Waals surface area (Å²) >= 11 is 6.39. The van der Waals surface area contributed by atoms with Gasteiger partial charge in [0, 0.05) is 17.0 Å². The van der Waals surface area contributed by atoms with Gasteiger partial charge >= 0.3 is 17.7 Å². The van der Waals surface area contributed by atoms with Crippen LogP contribution in [0.1, 0.15) is 58.6 Å². The smallest absolute Gasteiger partial charge is 0.408 e. The van der Waals surface area contributed by atoms with Crippen LogP contribution in [0.4, 0.5) is 4.79 Å². The van der Waals surface area contributed by atoms with E-state index >= 15 is 0 Å². The first-order valence-corrected chi connectivity index (χ1v) is 10.9. The van der Waals surface area contributed by atoms with Gasteiger partial charge in [0.15, 0.2) is 5.75 Å². The molecular formula is C23H28ClNO6. The summed E-state index contributed by atoms with van der Waals surface area (Å²) in [7, 11) is 0. The van der Waals surface area contributed by atoms with Gasteiger partial charge in [-0.15, -0.1) is 0 Å². The first kappa shape index (κ1) is 23.1. The van der Waals surface area contributed by atoms with Gasteiger partial charge in [0.1, 0.15) is 17.2 Å². The summed E-state index contributed by atoms with van der Waals surface area (Å²) in [6, 6.07) is 2.18. The lowest BCUT2D eigenvalue weighted by Gasteiger charge is -2.25. The van der Waals surface area contributed by atoms with Crippen LogP contribution in [0.15, 0.2) is 21.3 Å². The maximum absolute atomic E-state index is 12.9. The zero-order valence-corrected chi connectivity index (χ0v) is 19.2. The van der Waals surface area contributed by atoms with Crippen molar-refractivity contribution in [2.75, 3.05) is 0 Å². The predicted molar refractivity (Wildman–Crippen MR) is 118 cm³/mol. The summed E-state index contributed by atoms with van der Waals surface area (Å²) in [5, 5.41) is 3.57. The van der Waals surface area contributed by atoms with Crippen molar-refractivity contribution in [3.05, 3.63) is 38.7 Å². The Morgan fingerprint density at radius 2 is 1.90 bits per heavy atom. The summed E-state index contributed by atoms with van der Waals surface area (Å²) in [6.07, 6.45) is 2.28. The van der Waals surface area contributed by atoms with Crippen molar-refractivity contribution in [1.29, 1.82) is 0 Å². The molecule has 1 aliphatic rings. The van der Waals surface area contributed by atoms with Crippen molar-refractivity contribution < 1.29 is 23.5 Å². The number of aryl methyl sites for hydroxylation is 1. The highest BCUT2D eigenvalue weighted by molar-refractivity contribution is 6.33. The zero-order chi connectivity index (χ0) is 22.9. The highest BCUT2D eigenvalue weighted by Gasteiger charge is 2.31. The van der Waals surface area contributed by atoms with Crippen LogP contribution in [-0.2, 0) is 22.4 Å². The number of hydrogen-bond acceptors (Lipinski definition) is 6. The molecule has 1 N–H and O–H groups in total. The number of amides is 1. The maximum Gasteiger partial charge on any atom is 0.408 e. The number of benzene rings is 1. The molecule has 0 radical (unpaired) electrons. The first-order valence-electron chi connectivity index (χ1n) is 10.5. The summed E-state index contributed by atoms with van der Waals surface area (Å²) < 4.78 is 16.2. The molecule has 0 saturated heterocycles. The minimum atomic E-state index is -0.932. The Kier molecular flexibility index (Phi) is 6.65. The number of halogens is 1. The van der Waals surface area contributed by atoms with Crippen LogP contribution in [0.3, 0.4) is 0 Å². The summed E-state index contributed by atoms with van der Waals surface area (Å²) in [5.41, 5.74) is 0.872. The molecule has 8 heteroatoms. The number of rotatable bonds is 5. The van der Waals surface area contributed by atoms with Crippen molar-refractivity contribution in [3.8, 4) is 5.75 Å². The van der Waals surface area contributed by atoms with Crippen molar-refractivity contribution >= 4 is 34.6 Å². The normalized spacial score (nSPS) is 15.3. The number of ether oxygens (including phenoxy) is 2. The van der Waals surface area contributed by atoms with Crippen molar-refractivity contribution in [2.24, 2.45) is 5.92 Å². The van der Waals surface area contributed by atoms with E-state index < -0.39 is 23.7 Å². The number of nitrogens with one attached hydrogen (secondary N) is 1. The molecule has 0 unspecified atom stereocenters.